The van der Waals surface area contributed by atoms with Crippen LogP contribution < -0.4 is 20.1 Å². The average Bonchev–Trinajstić information content (AvgIpc) is 2.76. The van der Waals surface area contributed by atoms with E-state index in [2.05, 4.69) is 20.1 Å². The molecule has 0 unspecified atom stereocenters. The highest BCUT2D eigenvalue weighted by Gasteiger charge is 2.30. The fourth-order valence-corrected chi connectivity index (χ4v) is 3.55. The Hall–Kier alpha value is -3.30. The third-order valence-electron chi connectivity index (χ3n) is 5.16. The van der Waals surface area contributed by atoms with Gasteiger partial charge in [0.25, 0.3) is 0 Å². The topological polar surface area (TPSA) is 76.7 Å². The van der Waals surface area contributed by atoms with Crippen LogP contribution in [0.1, 0.15) is 25.7 Å². The summed E-state index contributed by atoms with van der Waals surface area (Å²) in [5, 5.41) is 5.49. The third kappa shape index (κ3) is 6.86. The molecule has 0 radical (unpaired) electrons. The zero-order chi connectivity index (χ0) is 23.1. The number of nitrogens with one attached hydrogen (secondary N) is 2. The highest BCUT2D eigenvalue weighted by molar-refractivity contribution is 5.94. The number of hydrogen-bond acceptors (Lipinski definition) is 4. The van der Waals surface area contributed by atoms with Crippen LogP contribution in [-0.4, -0.2) is 25.0 Å². The minimum absolute atomic E-state index is 0.000655. The summed E-state index contributed by atoms with van der Waals surface area (Å²) in [6, 6.07) is 11.3. The first-order valence-corrected chi connectivity index (χ1v) is 10.0. The van der Waals surface area contributed by atoms with Gasteiger partial charge >= 0.3 is 13.2 Å². The molecule has 3 rings (SSSR count). The first-order valence-electron chi connectivity index (χ1n) is 10.0. The summed E-state index contributed by atoms with van der Waals surface area (Å²) in [5.74, 6) is -0.910. The van der Waals surface area contributed by atoms with Crippen molar-refractivity contribution in [2.45, 2.75) is 38.9 Å². The van der Waals surface area contributed by atoms with Crippen LogP contribution in [-0.2, 0) is 9.59 Å². The molecule has 1 saturated carbocycles. The van der Waals surface area contributed by atoms with E-state index in [0.29, 0.717) is 37.1 Å². The van der Waals surface area contributed by atoms with E-state index in [0.717, 1.165) is 0 Å². The summed E-state index contributed by atoms with van der Waals surface area (Å²) in [6.45, 7) is -5.83. The van der Waals surface area contributed by atoms with Crippen LogP contribution in [0.5, 0.6) is 11.5 Å². The largest absolute Gasteiger partial charge is 0.435 e. The molecule has 2 amide bonds. The Balaban J connectivity index is 1.44. The van der Waals surface area contributed by atoms with Crippen LogP contribution in [0.15, 0.2) is 48.5 Å². The molecule has 32 heavy (non-hydrogen) atoms. The van der Waals surface area contributed by atoms with E-state index in [1.165, 1.54) is 48.5 Å². The van der Waals surface area contributed by atoms with E-state index in [-0.39, 0.29) is 35.1 Å². The second-order valence-corrected chi connectivity index (χ2v) is 7.33. The summed E-state index contributed by atoms with van der Waals surface area (Å²) in [6.07, 6.45) is 2.10. The number of amides is 2. The molecular formula is C22H22F4N2O4. The molecule has 2 aromatic rings. The summed E-state index contributed by atoms with van der Waals surface area (Å²) < 4.78 is 57.3. The number of anilines is 2. The monoisotopic (exact) mass is 454 g/mol. The lowest BCUT2D eigenvalue weighted by Crippen LogP contribution is -2.32. The maximum absolute atomic E-state index is 12.5. The predicted molar refractivity (Wildman–Crippen MR) is 109 cm³/mol. The fraction of sp³-hybridized carbons (Fsp3) is 0.364. The van der Waals surface area contributed by atoms with Crippen molar-refractivity contribution in [3.8, 4) is 11.5 Å². The van der Waals surface area contributed by atoms with Gasteiger partial charge in [-0.05, 0) is 74.2 Å². The zero-order valence-electron chi connectivity index (χ0n) is 16.9. The lowest BCUT2D eigenvalue weighted by molar-refractivity contribution is -0.125. The van der Waals surface area contributed by atoms with Gasteiger partial charge in [0, 0.05) is 23.2 Å². The van der Waals surface area contributed by atoms with Gasteiger partial charge in [0.05, 0.1) is 0 Å². The normalized spacial score (nSPS) is 18.3. The molecule has 10 heteroatoms. The molecule has 1 aliphatic rings. The number of alkyl halides is 4. The van der Waals surface area contributed by atoms with Gasteiger partial charge in [-0.25, -0.2) is 0 Å². The van der Waals surface area contributed by atoms with Crippen LogP contribution in [0, 0.1) is 11.8 Å². The van der Waals surface area contributed by atoms with Crippen LogP contribution in [0.2, 0.25) is 0 Å². The first-order chi connectivity index (χ1) is 15.3. The van der Waals surface area contributed by atoms with Gasteiger partial charge in [0.1, 0.15) is 11.5 Å². The Morgan fingerprint density at radius 1 is 0.656 bits per heavy atom. The van der Waals surface area contributed by atoms with Gasteiger partial charge < -0.3 is 20.1 Å². The molecule has 6 nitrogen and oxygen atoms in total. The van der Waals surface area contributed by atoms with Crippen molar-refractivity contribution in [2.75, 3.05) is 10.6 Å². The van der Waals surface area contributed by atoms with Gasteiger partial charge in [-0.15, -0.1) is 0 Å². The smallest absolute Gasteiger partial charge is 0.387 e. The van der Waals surface area contributed by atoms with Gasteiger partial charge in [-0.2, -0.15) is 17.6 Å². The Morgan fingerprint density at radius 3 is 1.25 bits per heavy atom. The Morgan fingerprint density at radius 2 is 0.969 bits per heavy atom. The van der Waals surface area contributed by atoms with Crippen LogP contribution >= 0.6 is 0 Å². The molecule has 2 N–H and O–H groups in total. The summed E-state index contributed by atoms with van der Waals surface area (Å²) >= 11 is 0. The third-order valence-corrected chi connectivity index (χ3v) is 5.16. The van der Waals surface area contributed by atoms with Crippen molar-refractivity contribution in [1.82, 2.24) is 0 Å². The maximum atomic E-state index is 12.5. The molecular weight excluding hydrogens is 432 g/mol. The summed E-state index contributed by atoms with van der Waals surface area (Å²) in [7, 11) is 0. The minimum atomic E-state index is -2.92. The summed E-state index contributed by atoms with van der Waals surface area (Å²) in [5.41, 5.74) is 0.937. The lowest BCUT2D eigenvalue weighted by Gasteiger charge is -2.27. The maximum Gasteiger partial charge on any atom is 0.387 e. The molecule has 0 bridgehead atoms. The van der Waals surface area contributed by atoms with Crippen molar-refractivity contribution < 1.29 is 36.6 Å². The Kier molecular flexibility index (Phi) is 7.91. The molecule has 2 aromatic carbocycles. The van der Waals surface area contributed by atoms with Crippen LogP contribution in [0.3, 0.4) is 0 Å². The number of ether oxygens (including phenoxy) is 2. The molecule has 0 heterocycles. The second kappa shape index (κ2) is 10.8. The molecule has 0 atom stereocenters. The highest BCUT2D eigenvalue weighted by atomic mass is 19.3. The molecule has 1 fully saturated rings. The van der Waals surface area contributed by atoms with Gasteiger partial charge in [0.2, 0.25) is 11.8 Å². The molecule has 1 aliphatic carbocycles. The van der Waals surface area contributed by atoms with E-state index in [9.17, 15) is 27.2 Å². The minimum Gasteiger partial charge on any atom is -0.435 e. The quantitative estimate of drug-likeness (QED) is 0.533. The molecule has 0 spiro atoms. The van der Waals surface area contributed by atoms with E-state index >= 15 is 0 Å². The van der Waals surface area contributed by atoms with Gasteiger partial charge in [-0.1, -0.05) is 0 Å². The number of rotatable bonds is 8. The highest BCUT2D eigenvalue weighted by Crippen LogP contribution is 2.31. The number of halogens is 4. The van der Waals surface area contributed by atoms with Crippen LogP contribution in [0.25, 0.3) is 0 Å². The number of benzene rings is 2. The average molecular weight is 454 g/mol. The number of hydrogen-bond donors (Lipinski definition) is 2. The van der Waals surface area contributed by atoms with Crippen molar-refractivity contribution >= 4 is 23.2 Å². The summed E-state index contributed by atoms with van der Waals surface area (Å²) in [4.78, 5) is 25.0. The standard InChI is InChI=1S/C22H22F4N2O4/c23-21(24)31-17-9-5-15(6-10-17)27-19(29)13-1-2-14(4-3-13)20(30)28-16-7-11-18(12-8-16)32-22(25)26/h5-14,21-22H,1-4H2,(H,27,29)(H,28,30). The molecule has 172 valence electrons. The van der Waals surface area contributed by atoms with Crippen molar-refractivity contribution in [3.63, 3.8) is 0 Å². The first kappa shape index (κ1) is 23.4. The van der Waals surface area contributed by atoms with E-state index in [1.54, 1.807) is 0 Å². The number of carbonyl (C=O) groups is 2. The predicted octanol–water partition coefficient (Wildman–Crippen LogP) is 5.27. The second-order valence-electron chi connectivity index (χ2n) is 7.33. The fourth-order valence-electron chi connectivity index (χ4n) is 3.55. The molecule has 0 saturated heterocycles. The lowest BCUT2D eigenvalue weighted by atomic mass is 9.81. The van der Waals surface area contributed by atoms with Gasteiger partial charge in [0.15, 0.2) is 0 Å². The number of carbonyl (C=O) groups excluding carboxylic acids is 2. The SMILES string of the molecule is O=C(Nc1ccc(OC(F)F)cc1)C1CCC(C(=O)Nc2ccc(OC(F)F)cc2)CC1. The van der Waals surface area contributed by atoms with Crippen molar-refractivity contribution in [1.29, 1.82) is 0 Å². The Labute approximate surface area is 181 Å². The van der Waals surface area contributed by atoms with Gasteiger partial charge in [-0.3, -0.25) is 9.59 Å². The van der Waals surface area contributed by atoms with Crippen molar-refractivity contribution in [3.05, 3.63) is 48.5 Å². The van der Waals surface area contributed by atoms with E-state index in [1.807, 2.05) is 0 Å². The van der Waals surface area contributed by atoms with Crippen molar-refractivity contribution in [2.24, 2.45) is 11.8 Å². The van der Waals surface area contributed by atoms with E-state index < -0.39 is 13.2 Å². The molecule has 0 aliphatic heterocycles. The van der Waals surface area contributed by atoms with E-state index in [4.69, 9.17) is 0 Å². The zero-order valence-corrected chi connectivity index (χ0v) is 16.9. The Bertz CT molecular complexity index is 824. The molecule has 0 aromatic heterocycles. The van der Waals surface area contributed by atoms with Crippen LogP contribution in [0.4, 0.5) is 28.9 Å².